The molecule has 0 aromatic heterocycles. The molecule has 0 radical (unpaired) electrons. The maximum Gasteiger partial charge on any atom is 0.318 e. The van der Waals surface area contributed by atoms with E-state index in [1.165, 1.54) is 7.11 Å². The van der Waals surface area contributed by atoms with Gasteiger partial charge in [0.05, 0.1) is 19.4 Å². The molecule has 1 amide bonds. The van der Waals surface area contributed by atoms with E-state index in [4.69, 9.17) is 9.47 Å². The highest BCUT2D eigenvalue weighted by Gasteiger charge is 2.33. The standard InChI is InChI=1S/C12H13NO4/c1-16-10-5-3-2-4-9(10)13-11(14)8-6-7-17-12(8)15/h2-5,8H,6-7H2,1H3,(H,13,14)/t8-/m1/s1. The summed E-state index contributed by atoms with van der Waals surface area (Å²) in [5, 5.41) is 2.67. The average molecular weight is 235 g/mol. The Morgan fingerprint density at radius 2 is 2.24 bits per heavy atom. The van der Waals surface area contributed by atoms with Crippen molar-refractivity contribution in [2.24, 2.45) is 5.92 Å². The van der Waals surface area contributed by atoms with Gasteiger partial charge in [-0.25, -0.2) is 0 Å². The second-order valence-corrected chi connectivity index (χ2v) is 3.70. The fraction of sp³-hybridized carbons (Fsp3) is 0.333. The van der Waals surface area contributed by atoms with Crippen molar-refractivity contribution in [2.45, 2.75) is 6.42 Å². The number of amides is 1. The summed E-state index contributed by atoms with van der Waals surface area (Å²) >= 11 is 0. The fourth-order valence-corrected chi connectivity index (χ4v) is 1.70. The molecule has 5 heteroatoms. The molecule has 1 aliphatic heterocycles. The summed E-state index contributed by atoms with van der Waals surface area (Å²) in [6, 6.07) is 7.04. The van der Waals surface area contributed by atoms with Crippen LogP contribution < -0.4 is 10.1 Å². The molecular formula is C12H13NO4. The molecule has 90 valence electrons. The number of nitrogens with one attached hydrogen (secondary N) is 1. The van der Waals surface area contributed by atoms with E-state index in [1.54, 1.807) is 24.3 Å². The first kappa shape index (κ1) is 11.4. The fourth-order valence-electron chi connectivity index (χ4n) is 1.70. The number of hydrogen-bond acceptors (Lipinski definition) is 4. The highest BCUT2D eigenvalue weighted by molar-refractivity contribution is 6.06. The van der Waals surface area contributed by atoms with Gasteiger partial charge in [0, 0.05) is 6.42 Å². The summed E-state index contributed by atoms with van der Waals surface area (Å²) in [5.41, 5.74) is 0.555. The molecule has 17 heavy (non-hydrogen) atoms. The molecule has 1 N–H and O–H groups in total. The normalized spacial score (nSPS) is 18.6. The van der Waals surface area contributed by atoms with Crippen molar-refractivity contribution >= 4 is 17.6 Å². The van der Waals surface area contributed by atoms with E-state index in [1.807, 2.05) is 0 Å². The Hall–Kier alpha value is -2.04. The summed E-state index contributed by atoms with van der Waals surface area (Å²) in [4.78, 5) is 23.1. The van der Waals surface area contributed by atoms with Crippen LogP contribution in [0.15, 0.2) is 24.3 Å². The smallest absolute Gasteiger partial charge is 0.318 e. The Bertz CT molecular complexity index is 444. The van der Waals surface area contributed by atoms with Gasteiger partial charge >= 0.3 is 5.97 Å². The minimum Gasteiger partial charge on any atom is -0.495 e. The molecule has 1 aromatic carbocycles. The second-order valence-electron chi connectivity index (χ2n) is 3.70. The molecule has 0 aliphatic carbocycles. The molecule has 1 aromatic rings. The van der Waals surface area contributed by atoms with Crippen molar-refractivity contribution < 1.29 is 19.1 Å². The van der Waals surface area contributed by atoms with Crippen LogP contribution in [0.2, 0.25) is 0 Å². The molecule has 0 bridgehead atoms. The number of carbonyl (C=O) groups excluding carboxylic acids is 2. The lowest BCUT2D eigenvalue weighted by Gasteiger charge is -2.11. The predicted octanol–water partition coefficient (Wildman–Crippen LogP) is 1.20. The number of ether oxygens (including phenoxy) is 2. The maximum atomic E-state index is 11.8. The van der Waals surface area contributed by atoms with Crippen molar-refractivity contribution in [3.8, 4) is 5.75 Å². The summed E-state index contributed by atoms with van der Waals surface area (Å²) in [6.07, 6.45) is 0.430. The summed E-state index contributed by atoms with van der Waals surface area (Å²) < 4.78 is 9.85. The lowest BCUT2D eigenvalue weighted by Crippen LogP contribution is -2.26. The molecule has 0 spiro atoms. The molecule has 5 nitrogen and oxygen atoms in total. The number of benzene rings is 1. The van der Waals surface area contributed by atoms with E-state index in [0.29, 0.717) is 24.5 Å². The average Bonchev–Trinajstić information content (AvgIpc) is 2.76. The van der Waals surface area contributed by atoms with Crippen LogP contribution in [0.4, 0.5) is 5.69 Å². The lowest BCUT2D eigenvalue weighted by atomic mass is 10.1. The number of hydrogen-bond donors (Lipinski definition) is 1. The van der Waals surface area contributed by atoms with Crippen LogP contribution in [-0.2, 0) is 14.3 Å². The van der Waals surface area contributed by atoms with Crippen LogP contribution in [0.25, 0.3) is 0 Å². The number of para-hydroxylation sites is 2. The van der Waals surface area contributed by atoms with Gasteiger partial charge in [-0.3, -0.25) is 9.59 Å². The lowest BCUT2D eigenvalue weighted by molar-refractivity contribution is -0.143. The van der Waals surface area contributed by atoms with Crippen LogP contribution in [0.1, 0.15) is 6.42 Å². The van der Waals surface area contributed by atoms with Crippen LogP contribution in [0, 0.1) is 5.92 Å². The highest BCUT2D eigenvalue weighted by Crippen LogP contribution is 2.25. The number of esters is 1. The van der Waals surface area contributed by atoms with E-state index >= 15 is 0 Å². The van der Waals surface area contributed by atoms with Crippen molar-refractivity contribution in [1.82, 2.24) is 0 Å². The zero-order valence-corrected chi connectivity index (χ0v) is 9.43. The third kappa shape index (κ3) is 2.38. The van der Waals surface area contributed by atoms with Crippen LogP contribution in [0.3, 0.4) is 0 Å². The van der Waals surface area contributed by atoms with Crippen molar-refractivity contribution in [1.29, 1.82) is 0 Å². The Morgan fingerprint density at radius 1 is 1.47 bits per heavy atom. The molecule has 1 atom stereocenters. The van der Waals surface area contributed by atoms with E-state index in [2.05, 4.69) is 5.32 Å². The van der Waals surface area contributed by atoms with Crippen LogP contribution >= 0.6 is 0 Å². The number of cyclic esters (lactones) is 1. The van der Waals surface area contributed by atoms with E-state index in [0.717, 1.165) is 0 Å². The van der Waals surface area contributed by atoms with Crippen molar-refractivity contribution in [3.63, 3.8) is 0 Å². The third-order valence-corrected chi connectivity index (χ3v) is 2.62. The SMILES string of the molecule is COc1ccccc1NC(=O)[C@H]1CCOC1=O. The molecule has 1 aliphatic rings. The van der Waals surface area contributed by atoms with Gasteiger partial charge in [-0.1, -0.05) is 12.1 Å². The van der Waals surface area contributed by atoms with Crippen molar-refractivity contribution in [2.75, 3.05) is 19.0 Å². The summed E-state index contributed by atoms with van der Waals surface area (Å²) in [6.45, 7) is 0.308. The molecular weight excluding hydrogens is 222 g/mol. The monoisotopic (exact) mass is 235 g/mol. The first-order valence-electron chi connectivity index (χ1n) is 5.33. The van der Waals surface area contributed by atoms with Crippen molar-refractivity contribution in [3.05, 3.63) is 24.3 Å². The predicted molar refractivity (Wildman–Crippen MR) is 60.7 cm³/mol. The summed E-state index contributed by atoms with van der Waals surface area (Å²) in [5.74, 6) is -0.957. The minimum atomic E-state index is -0.708. The molecule has 2 rings (SSSR count). The molecule has 0 saturated carbocycles. The van der Waals surface area contributed by atoms with E-state index < -0.39 is 11.9 Å². The van der Waals surface area contributed by atoms with Gasteiger partial charge in [-0.05, 0) is 12.1 Å². The van der Waals surface area contributed by atoms with Gasteiger partial charge in [0.1, 0.15) is 11.7 Å². The minimum absolute atomic E-state index is 0.308. The van der Waals surface area contributed by atoms with Crippen LogP contribution in [-0.4, -0.2) is 25.6 Å². The third-order valence-electron chi connectivity index (χ3n) is 2.62. The molecule has 0 unspecified atom stereocenters. The quantitative estimate of drug-likeness (QED) is 0.631. The van der Waals surface area contributed by atoms with Crippen LogP contribution in [0.5, 0.6) is 5.75 Å². The number of anilines is 1. The van der Waals surface area contributed by atoms with Gasteiger partial charge in [0.25, 0.3) is 0 Å². The van der Waals surface area contributed by atoms with Gasteiger partial charge in [-0.15, -0.1) is 0 Å². The summed E-state index contributed by atoms with van der Waals surface area (Å²) in [7, 11) is 1.52. The Balaban J connectivity index is 2.10. The maximum absolute atomic E-state index is 11.8. The van der Waals surface area contributed by atoms with Gasteiger partial charge < -0.3 is 14.8 Å². The number of carbonyl (C=O) groups is 2. The molecule has 1 heterocycles. The zero-order chi connectivity index (χ0) is 12.3. The zero-order valence-electron chi connectivity index (χ0n) is 9.43. The van der Waals surface area contributed by atoms with Gasteiger partial charge in [-0.2, -0.15) is 0 Å². The number of methoxy groups -OCH3 is 1. The molecule has 1 fully saturated rings. The second kappa shape index (κ2) is 4.86. The first-order valence-corrected chi connectivity index (χ1v) is 5.33. The van der Waals surface area contributed by atoms with Gasteiger partial charge in [0.2, 0.25) is 5.91 Å². The van der Waals surface area contributed by atoms with Gasteiger partial charge in [0.15, 0.2) is 0 Å². The molecule has 1 saturated heterocycles. The highest BCUT2D eigenvalue weighted by atomic mass is 16.5. The first-order chi connectivity index (χ1) is 8.22. The van der Waals surface area contributed by atoms with E-state index in [9.17, 15) is 9.59 Å². The Kier molecular flexibility index (Phi) is 3.27. The Morgan fingerprint density at radius 3 is 2.88 bits per heavy atom. The Labute approximate surface area is 98.7 Å². The topological polar surface area (TPSA) is 64.6 Å². The van der Waals surface area contributed by atoms with E-state index in [-0.39, 0.29) is 5.91 Å². The number of rotatable bonds is 3. The largest absolute Gasteiger partial charge is 0.495 e.